The number of nitrogens with zero attached hydrogens (tertiary/aromatic N) is 3. The zero-order chi connectivity index (χ0) is 23.8. The van der Waals surface area contributed by atoms with Crippen LogP contribution in [0.15, 0.2) is 53.1 Å². The monoisotopic (exact) mass is 482 g/mol. The summed E-state index contributed by atoms with van der Waals surface area (Å²) >= 11 is 5.69. The van der Waals surface area contributed by atoms with Gasteiger partial charge in [-0.3, -0.25) is 4.79 Å². The molecule has 172 valence electrons. The summed E-state index contributed by atoms with van der Waals surface area (Å²) < 4.78 is 57.4. The van der Waals surface area contributed by atoms with Gasteiger partial charge in [-0.05, 0) is 35.9 Å². The Kier molecular flexibility index (Phi) is 5.98. The van der Waals surface area contributed by atoms with Gasteiger partial charge < -0.3 is 14.6 Å². The van der Waals surface area contributed by atoms with E-state index in [2.05, 4.69) is 10.3 Å². The largest absolute Gasteiger partial charge is 0.418 e. The molecule has 3 amide bonds. The summed E-state index contributed by atoms with van der Waals surface area (Å²) in [4.78, 5) is 31.5. The topological polar surface area (TPSA) is 78.7 Å². The molecule has 0 unspecified atom stereocenters. The summed E-state index contributed by atoms with van der Waals surface area (Å²) in [7, 11) is 0. The van der Waals surface area contributed by atoms with Crippen molar-refractivity contribution in [3.63, 3.8) is 0 Å². The van der Waals surface area contributed by atoms with Gasteiger partial charge in [0.2, 0.25) is 5.76 Å². The molecule has 2 heterocycles. The van der Waals surface area contributed by atoms with Crippen LogP contribution in [-0.2, 0) is 12.7 Å². The molecule has 12 heteroatoms. The van der Waals surface area contributed by atoms with Crippen molar-refractivity contribution in [2.45, 2.75) is 12.7 Å². The van der Waals surface area contributed by atoms with Gasteiger partial charge >= 0.3 is 18.2 Å². The van der Waals surface area contributed by atoms with E-state index < -0.39 is 29.5 Å². The lowest BCUT2D eigenvalue weighted by Gasteiger charge is -2.17. The Morgan fingerprint density at radius 3 is 2.70 bits per heavy atom. The molecule has 4 rings (SSSR count). The highest BCUT2D eigenvalue weighted by molar-refractivity contribution is 6.31. The van der Waals surface area contributed by atoms with E-state index in [4.69, 9.17) is 16.0 Å². The van der Waals surface area contributed by atoms with Crippen molar-refractivity contribution in [3.05, 3.63) is 76.4 Å². The van der Waals surface area contributed by atoms with Crippen LogP contribution in [0.5, 0.6) is 0 Å². The van der Waals surface area contributed by atoms with Gasteiger partial charge in [0.1, 0.15) is 5.82 Å². The lowest BCUT2D eigenvalue weighted by molar-refractivity contribution is -0.137. The molecule has 0 spiro atoms. The molecular formula is C21H15ClF4N4O3. The number of alkyl halides is 3. The second-order valence-electron chi connectivity index (χ2n) is 7.14. The fourth-order valence-electron chi connectivity index (χ4n) is 3.23. The third kappa shape index (κ3) is 4.92. The predicted octanol–water partition coefficient (Wildman–Crippen LogP) is 5.18. The van der Waals surface area contributed by atoms with Crippen LogP contribution in [0, 0.1) is 5.82 Å². The van der Waals surface area contributed by atoms with Crippen LogP contribution >= 0.6 is 11.6 Å². The molecule has 1 aliphatic rings. The van der Waals surface area contributed by atoms with E-state index in [0.29, 0.717) is 5.56 Å². The molecule has 0 bridgehead atoms. The molecule has 1 fully saturated rings. The number of hydrogen-bond donors (Lipinski definition) is 1. The quantitative estimate of drug-likeness (QED) is 0.508. The lowest BCUT2D eigenvalue weighted by Crippen LogP contribution is -2.31. The molecule has 0 saturated carbocycles. The van der Waals surface area contributed by atoms with Crippen molar-refractivity contribution in [2.75, 3.05) is 23.3 Å². The third-order valence-corrected chi connectivity index (χ3v) is 5.14. The van der Waals surface area contributed by atoms with Gasteiger partial charge in [-0.15, -0.1) is 0 Å². The lowest BCUT2D eigenvalue weighted by atomic mass is 10.1. The minimum absolute atomic E-state index is 0.0291. The highest BCUT2D eigenvalue weighted by atomic mass is 35.5. The van der Waals surface area contributed by atoms with Crippen molar-refractivity contribution >= 4 is 35.2 Å². The van der Waals surface area contributed by atoms with Gasteiger partial charge in [0.25, 0.3) is 5.91 Å². The number of carbonyl (C=O) groups excluding carboxylic acids is 2. The number of benzene rings is 2. The van der Waals surface area contributed by atoms with Gasteiger partial charge in [0.05, 0.1) is 16.8 Å². The Labute approximate surface area is 189 Å². The number of urea groups is 1. The number of amides is 3. The second kappa shape index (κ2) is 8.74. The molecule has 0 radical (unpaired) electrons. The van der Waals surface area contributed by atoms with Gasteiger partial charge in [-0.25, -0.2) is 19.1 Å². The van der Waals surface area contributed by atoms with Crippen LogP contribution in [0.3, 0.4) is 0 Å². The van der Waals surface area contributed by atoms with E-state index in [9.17, 15) is 27.2 Å². The highest BCUT2D eigenvalue weighted by Crippen LogP contribution is 2.30. The van der Waals surface area contributed by atoms with Gasteiger partial charge in [-0.2, -0.15) is 13.2 Å². The van der Waals surface area contributed by atoms with Crippen molar-refractivity contribution in [1.82, 2.24) is 9.88 Å². The maximum absolute atomic E-state index is 13.2. The van der Waals surface area contributed by atoms with E-state index in [1.54, 1.807) is 0 Å². The Hall–Kier alpha value is -3.60. The van der Waals surface area contributed by atoms with Crippen LogP contribution in [-0.4, -0.2) is 34.9 Å². The molecule has 33 heavy (non-hydrogen) atoms. The molecule has 1 aliphatic heterocycles. The van der Waals surface area contributed by atoms with Gasteiger partial charge in [0, 0.05) is 25.3 Å². The van der Waals surface area contributed by atoms with Gasteiger partial charge in [-0.1, -0.05) is 23.7 Å². The first-order chi connectivity index (χ1) is 15.6. The first kappa shape index (κ1) is 22.6. The number of halogens is 5. The number of anilines is 2. The van der Waals surface area contributed by atoms with Crippen LogP contribution in [0.25, 0.3) is 0 Å². The van der Waals surface area contributed by atoms with E-state index in [1.807, 2.05) is 0 Å². The zero-order valence-corrected chi connectivity index (χ0v) is 17.5. The van der Waals surface area contributed by atoms with Crippen molar-refractivity contribution in [2.24, 2.45) is 0 Å². The average Bonchev–Trinajstić information content (AvgIpc) is 3.38. The molecule has 0 atom stereocenters. The number of oxazole rings is 1. The van der Waals surface area contributed by atoms with E-state index >= 15 is 0 Å². The molecule has 0 aliphatic carbocycles. The third-order valence-electron chi connectivity index (χ3n) is 4.85. The summed E-state index contributed by atoms with van der Waals surface area (Å²) in [6.45, 7) is 0.374. The Morgan fingerprint density at radius 2 is 1.97 bits per heavy atom. The smallest absolute Gasteiger partial charge is 0.416 e. The Balaban J connectivity index is 1.42. The van der Waals surface area contributed by atoms with E-state index in [1.165, 1.54) is 34.1 Å². The first-order valence-corrected chi connectivity index (χ1v) is 9.94. The Morgan fingerprint density at radius 1 is 1.18 bits per heavy atom. The number of hydrogen-bond acceptors (Lipinski definition) is 4. The predicted molar refractivity (Wildman–Crippen MR) is 110 cm³/mol. The van der Waals surface area contributed by atoms with E-state index in [-0.39, 0.29) is 42.1 Å². The number of rotatable bonds is 5. The standard InChI is InChI=1S/C21H15ClF4N4O3/c22-15-9-14(4-5-16(15)23)28-18(31)17-10-27-19(33-17)30-7-6-29(20(30)32)11-12-2-1-3-13(8-12)21(24,25)26/h1-5,8-10H,6-7,11H2,(H,28,31). The van der Waals surface area contributed by atoms with Gasteiger partial charge in [0.15, 0.2) is 0 Å². The average molecular weight is 483 g/mol. The normalized spacial score (nSPS) is 14.2. The van der Waals surface area contributed by atoms with Crippen molar-refractivity contribution in [3.8, 4) is 0 Å². The zero-order valence-electron chi connectivity index (χ0n) is 16.7. The van der Waals surface area contributed by atoms with Crippen molar-refractivity contribution < 1.29 is 31.6 Å². The highest BCUT2D eigenvalue weighted by Gasteiger charge is 2.34. The summed E-state index contributed by atoms with van der Waals surface area (Å²) in [5.74, 6) is -1.53. The van der Waals surface area contributed by atoms with Crippen LogP contribution in [0.2, 0.25) is 5.02 Å². The summed E-state index contributed by atoms with van der Waals surface area (Å²) in [6.07, 6.45) is -3.36. The fraction of sp³-hybridized carbons (Fsp3) is 0.190. The fourth-order valence-corrected chi connectivity index (χ4v) is 3.42. The Bertz CT molecular complexity index is 1210. The minimum Gasteiger partial charge on any atom is -0.418 e. The molecule has 7 nitrogen and oxygen atoms in total. The summed E-state index contributed by atoms with van der Waals surface area (Å²) in [6, 6.07) is 7.70. The molecule has 2 aromatic carbocycles. The second-order valence-corrected chi connectivity index (χ2v) is 7.55. The molecule has 3 aromatic rings. The minimum atomic E-state index is -4.48. The van der Waals surface area contributed by atoms with Crippen LogP contribution in [0.4, 0.5) is 34.1 Å². The van der Waals surface area contributed by atoms with Crippen LogP contribution in [0.1, 0.15) is 21.7 Å². The molecule has 1 saturated heterocycles. The molecular weight excluding hydrogens is 468 g/mol. The number of aromatic nitrogens is 1. The van der Waals surface area contributed by atoms with E-state index in [0.717, 1.165) is 24.4 Å². The SMILES string of the molecule is O=C(Nc1ccc(F)c(Cl)c1)c1cnc(N2CCN(Cc3cccc(C(F)(F)F)c3)C2=O)o1. The summed E-state index contributed by atoms with van der Waals surface area (Å²) in [5, 5.41) is 2.30. The number of carbonyl (C=O) groups is 2. The molecule has 1 aromatic heterocycles. The first-order valence-electron chi connectivity index (χ1n) is 9.56. The number of nitrogens with one attached hydrogen (secondary N) is 1. The summed E-state index contributed by atoms with van der Waals surface area (Å²) in [5.41, 5.74) is -0.242. The molecule has 1 N–H and O–H groups in total. The maximum Gasteiger partial charge on any atom is 0.416 e. The maximum atomic E-state index is 13.2. The van der Waals surface area contributed by atoms with Crippen molar-refractivity contribution in [1.29, 1.82) is 0 Å². The van der Waals surface area contributed by atoms with Crippen LogP contribution < -0.4 is 10.2 Å².